The summed E-state index contributed by atoms with van der Waals surface area (Å²) in [7, 11) is 0. The second kappa shape index (κ2) is 5.59. The molecule has 2 unspecified atom stereocenters. The van der Waals surface area contributed by atoms with Crippen molar-refractivity contribution >= 4 is 11.4 Å². The molecule has 4 nitrogen and oxygen atoms in total. The SMILES string of the molecule is Cc1cc([N+](=O)[O-])c(C)cc1NC1CCCC(C)C1. The lowest BCUT2D eigenvalue weighted by Crippen LogP contribution is -2.26. The molecule has 2 rings (SSSR count). The van der Waals surface area contributed by atoms with Crippen LogP contribution in [0.4, 0.5) is 11.4 Å². The largest absolute Gasteiger partial charge is 0.382 e. The molecule has 19 heavy (non-hydrogen) atoms. The van der Waals surface area contributed by atoms with E-state index < -0.39 is 0 Å². The van der Waals surface area contributed by atoms with Gasteiger partial charge in [0.05, 0.1) is 4.92 Å². The second-order valence-electron chi connectivity index (χ2n) is 5.82. The van der Waals surface area contributed by atoms with Gasteiger partial charge in [-0.15, -0.1) is 0 Å². The third-order valence-electron chi connectivity index (χ3n) is 4.04. The van der Waals surface area contributed by atoms with Gasteiger partial charge >= 0.3 is 0 Å². The molecule has 0 amide bonds. The van der Waals surface area contributed by atoms with Crippen molar-refractivity contribution in [2.75, 3.05) is 5.32 Å². The van der Waals surface area contributed by atoms with E-state index in [0.29, 0.717) is 6.04 Å². The summed E-state index contributed by atoms with van der Waals surface area (Å²) in [5.74, 6) is 0.769. The van der Waals surface area contributed by atoms with Crippen LogP contribution in [-0.4, -0.2) is 11.0 Å². The van der Waals surface area contributed by atoms with Crippen molar-refractivity contribution < 1.29 is 4.92 Å². The van der Waals surface area contributed by atoms with Crippen LogP contribution < -0.4 is 5.32 Å². The van der Waals surface area contributed by atoms with Crippen molar-refractivity contribution in [3.63, 3.8) is 0 Å². The fourth-order valence-corrected chi connectivity index (χ4v) is 2.94. The molecule has 0 aromatic heterocycles. The van der Waals surface area contributed by atoms with Gasteiger partial charge in [-0.25, -0.2) is 0 Å². The summed E-state index contributed by atoms with van der Waals surface area (Å²) in [6.45, 7) is 6.02. The number of nitrogens with zero attached hydrogens (tertiary/aromatic N) is 1. The number of aryl methyl sites for hydroxylation is 2. The lowest BCUT2D eigenvalue weighted by molar-refractivity contribution is -0.385. The van der Waals surface area contributed by atoms with Crippen LogP contribution in [0.25, 0.3) is 0 Å². The molecule has 2 atom stereocenters. The van der Waals surface area contributed by atoms with Gasteiger partial charge in [0.1, 0.15) is 0 Å². The van der Waals surface area contributed by atoms with Crippen LogP contribution >= 0.6 is 0 Å². The molecule has 1 fully saturated rings. The average molecular weight is 262 g/mol. The Morgan fingerprint density at radius 2 is 2.00 bits per heavy atom. The summed E-state index contributed by atoms with van der Waals surface area (Å²) >= 11 is 0. The van der Waals surface area contributed by atoms with Gasteiger partial charge in [-0.3, -0.25) is 10.1 Å². The van der Waals surface area contributed by atoms with Gasteiger partial charge < -0.3 is 5.32 Å². The second-order valence-corrected chi connectivity index (χ2v) is 5.82. The Labute approximate surface area is 114 Å². The highest BCUT2D eigenvalue weighted by Crippen LogP contribution is 2.30. The average Bonchev–Trinajstić information content (AvgIpc) is 2.33. The molecular formula is C15H22N2O2. The zero-order chi connectivity index (χ0) is 14.0. The predicted molar refractivity (Wildman–Crippen MR) is 77.6 cm³/mol. The molecule has 1 aromatic rings. The first kappa shape index (κ1) is 13.8. The summed E-state index contributed by atoms with van der Waals surface area (Å²) < 4.78 is 0. The van der Waals surface area contributed by atoms with Gasteiger partial charge in [-0.05, 0) is 44.2 Å². The smallest absolute Gasteiger partial charge is 0.272 e. The summed E-state index contributed by atoms with van der Waals surface area (Å²) in [5.41, 5.74) is 2.93. The van der Waals surface area contributed by atoms with Gasteiger partial charge in [0.2, 0.25) is 0 Å². The third-order valence-corrected chi connectivity index (χ3v) is 4.04. The van der Waals surface area contributed by atoms with E-state index in [1.54, 1.807) is 13.0 Å². The van der Waals surface area contributed by atoms with E-state index in [-0.39, 0.29) is 10.6 Å². The van der Waals surface area contributed by atoms with Crippen LogP contribution in [-0.2, 0) is 0 Å². The highest BCUT2D eigenvalue weighted by atomic mass is 16.6. The number of benzene rings is 1. The molecule has 4 heteroatoms. The summed E-state index contributed by atoms with van der Waals surface area (Å²) in [6, 6.07) is 4.08. The van der Waals surface area contributed by atoms with E-state index in [9.17, 15) is 10.1 Å². The fourth-order valence-electron chi connectivity index (χ4n) is 2.94. The van der Waals surface area contributed by atoms with Crippen molar-refractivity contribution in [2.24, 2.45) is 5.92 Å². The van der Waals surface area contributed by atoms with Crippen LogP contribution in [0.5, 0.6) is 0 Å². The van der Waals surface area contributed by atoms with Gasteiger partial charge in [0.25, 0.3) is 5.69 Å². The number of nitrogens with one attached hydrogen (secondary N) is 1. The number of hydrogen-bond acceptors (Lipinski definition) is 3. The maximum absolute atomic E-state index is 10.9. The number of rotatable bonds is 3. The van der Waals surface area contributed by atoms with Crippen LogP contribution in [0, 0.1) is 29.9 Å². The molecule has 1 N–H and O–H groups in total. The molecule has 0 saturated heterocycles. The Hall–Kier alpha value is -1.58. The first-order valence-electron chi connectivity index (χ1n) is 6.99. The summed E-state index contributed by atoms with van der Waals surface area (Å²) in [5, 5.41) is 14.5. The third kappa shape index (κ3) is 3.25. The maximum Gasteiger partial charge on any atom is 0.272 e. The number of nitro benzene ring substituents is 1. The van der Waals surface area contributed by atoms with Gasteiger partial charge in [-0.2, -0.15) is 0 Å². The topological polar surface area (TPSA) is 55.2 Å². The zero-order valence-electron chi connectivity index (χ0n) is 11.9. The number of nitro groups is 1. The first-order valence-corrected chi connectivity index (χ1v) is 6.99. The minimum Gasteiger partial charge on any atom is -0.382 e. The lowest BCUT2D eigenvalue weighted by Gasteiger charge is -2.29. The highest BCUT2D eigenvalue weighted by molar-refractivity contribution is 5.59. The van der Waals surface area contributed by atoms with E-state index in [1.165, 1.54) is 25.7 Å². The molecular weight excluding hydrogens is 240 g/mol. The molecule has 0 heterocycles. The highest BCUT2D eigenvalue weighted by Gasteiger charge is 2.20. The number of hydrogen-bond donors (Lipinski definition) is 1. The summed E-state index contributed by atoms with van der Waals surface area (Å²) in [6.07, 6.45) is 4.97. The Bertz CT molecular complexity index is 485. The standard InChI is InChI=1S/C15H22N2O2/c1-10-5-4-6-13(7-10)16-14-8-12(3)15(17(18)19)9-11(14)2/h8-10,13,16H,4-7H2,1-3H3. The van der Waals surface area contributed by atoms with Crippen LogP contribution in [0.1, 0.15) is 43.7 Å². The van der Waals surface area contributed by atoms with Gasteiger partial charge in [-0.1, -0.05) is 19.8 Å². The molecule has 1 aromatic carbocycles. The maximum atomic E-state index is 10.9. The Balaban J connectivity index is 2.16. The van der Waals surface area contributed by atoms with Crippen molar-refractivity contribution in [3.8, 4) is 0 Å². The molecule has 0 bridgehead atoms. The molecule has 1 aliphatic rings. The van der Waals surface area contributed by atoms with Crippen molar-refractivity contribution in [2.45, 2.75) is 52.5 Å². The van der Waals surface area contributed by atoms with Crippen molar-refractivity contribution in [3.05, 3.63) is 33.4 Å². The van der Waals surface area contributed by atoms with Crippen molar-refractivity contribution in [1.29, 1.82) is 0 Å². The van der Waals surface area contributed by atoms with Crippen LogP contribution in [0.2, 0.25) is 0 Å². The Morgan fingerprint density at radius 3 is 2.63 bits per heavy atom. The van der Waals surface area contributed by atoms with E-state index in [4.69, 9.17) is 0 Å². The Morgan fingerprint density at radius 1 is 1.26 bits per heavy atom. The van der Waals surface area contributed by atoms with E-state index >= 15 is 0 Å². The Kier molecular flexibility index (Phi) is 4.08. The first-order chi connectivity index (χ1) is 8.97. The quantitative estimate of drug-likeness (QED) is 0.656. The van der Waals surface area contributed by atoms with E-state index in [2.05, 4.69) is 12.2 Å². The normalized spacial score (nSPS) is 23.1. The molecule has 0 spiro atoms. The minimum absolute atomic E-state index is 0.208. The molecule has 1 saturated carbocycles. The molecule has 1 aliphatic carbocycles. The van der Waals surface area contributed by atoms with Crippen LogP contribution in [0.3, 0.4) is 0 Å². The predicted octanol–water partition coefficient (Wildman–Crippen LogP) is 4.20. The van der Waals surface area contributed by atoms with Gasteiger partial charge in [0, 0.05) is 23.4 Å². The van der Waals surface area contributed by atoms with Crippen LogP contribution in [0.15, 0.2) is 12.1 Å². The molecule has 0 aliphatic heterocycles. The lowest BCUT2D eigenvalue weighted by atomic mass is 9.87. The van der Waals surface area contributed by atoms with E-state index in [1.807, 2.05) is 13.0 Å². The minimum atomic E-state index is -0.311. The molecule has 104 valence electrons. The number of anilines is 1. The monoisotopic (exact) mass is 262 g/mol. The summed E-state index contributed by atoms with van der Waals surface area (Å²) in [4.78, 5) is 10.6. The van der Waals surface area contributed by atoms with Crippen molar-refractivity contribution in [1.82, 2.24) is 0 Å². The fraction of sp³-hybridized carbons (Fsp3) is 0.600. The molecule has 0 radical (unpaired) electrons. The van der Waals surface area contributed by atoms with Gasteiger partial charge in [0.15, 0.2) is 0 Å². The van der Waals surface area contributed by atoms with E-state index in [0.717, 1.165) is 22.7 Å². The zero-order valence-corrected chi connectivity index (χ0v) is 11.9.